The molecule has 6 nitrogen and oxygen atoms in total. The Labute approximate surface area is 201 Å². The lowest BCUT2D eigenvalue weighted by molar-refractivity contribution is -0.115. The summed E-state index contributed by atoms with van der Waals surface area (Å²) in [5.74, 6) is -0.178. The molecule has 4 rings (SSSR count). The van der Waals surface area contributed by atoms with Gasteiger partial charge in [-0.3, -0.25) is 9.59 Å². The van der Waals surface area contributed by atoms with Crippen LogP contribution in [0.4, 0.5) is 5.69 Å². The van der Waals surface area contributed by atoms with Crippen LogP contribution in [0, 0.1) is 13.8 Å². The van der Waals surface area contributed by atoms with Crippen molar-refractivity contribution in [3.8, 4) is 5.13 Å². The number of carbonyl (C=O) groups is 2. The summed E-state index contributed by atoms with van der Waals surface area (Å²) in [6.07, 6.45) is 0.916. The molecule has 8 heteroatoms. The molecule has 0 unspecified atom stereocenters. The van der Waals surface area contributed by atoms with E-state index in [0.29, 0.717) is 16.9 Å². The van der Waals surface area contributed by atoms with Crippen molar-refractivity contribution in [2.45, 2.75) is 33.6 Å². The van der Waals surface area contributed by atoms with Gasteiger partial charge in [-0.15, -0.1) is 11.3 Å². The van der Waals surface area contributed by atoms with Crippen molar-refractivity contribution in [3.05, 3.63) is 92.7 Å². The summed E-state index contributed by atoms with van der Waals surface area (Å²) in [5.41, 5.74) is 6.23. The molecule has 168 valence electrons. The van der Waals surface area contributed by atoms with E-state index in [1.165, 1.54) is 18.3 Å². The first-order chi connectivity index (χ1) is 15.8. The van der Waals surface area contributed by atoms with Gasteiger partial charge < -0.3 is 5.32 Å². The maximum atomic E-state index is 12.5. The minimum Gasteiger partial charge on any atom is -0.326 e. The normalized spacial score (nSPS) is 10.9. The number of thiazole rings is 1. The number of hydrogen-bond acceptors (Lipinski definition) is 5. The van der Waals surface area contributed by atoms with Gasteiger partial charge in [0.1, 0.15) is 0 Å². The third-order valence-electron chi connectivity index (χ3n) is 5.37. The first-order valence-electron chi connectivity index (χ1n) is 10.5. The number of Topliss-reactive ketones (excluding diaryl/α,β-unsaturated/α-hetero) is 1. The Bertz CT molecular complexity index is 1310. The predicted octanol–water partition coefficient (Wildman–Crippen LogP) is 5.57. The Morgan fingerprint density at radius 2 is 1.76 bits per heavy atom. The fourth-order valence-corrected chi connectivity index (χ4v) is 4.51. The minimum absolute atomic E-state index is 0.0108. The molecule has 0 bridgehead atoms. The highest BCUT2D eigenvalue weighted by atomic mass is 35.5. The largest absolute Gasteiger partial charge is 0.326 e. The molecule has 0 aliphatic carbocycles. The lowest BCUT2D eigenvalue weighted by atomic mass is 10.0. The molecule has 1 amide bonds. The smallest absolute Gasteiger partial charge is 0.230 e. The summed E-state index contributed by atoms with van der Waals surface area (Å²) < 4.78 is 1.84. The Morgan fingerprint density at radius 3 is 2.42 bits per heavy atom. The van der Waals surface area contributed by atoms with Gasteiger partial charge >= 0.3 is 0 Å². The van der Waals surface area contributed by atoms with E-state index in [0.717, 1.165) is 39.1 Å². The van der Waals surface area contributed by atoms with E-state index in [2.05, 4.69) is 15.4 Å². The Balaban J connectivity index is 1.45. The van der Waals surface area contributed by atoms with Gasteiger partial charge in [0.05, 0.1) is 17.8 Å². The van der Waals surface area contributed by atoms with Crippen LogP contribution in [0.1, 0.15) is 45.5 Å². The first-order valence-corrected chi connectivity index (χ1v) is 11.7. The van der Waals surface area contributed by atoms with Crippen LogP contribution >= 0.6 is 22.9 Å². The fraction of sp³-hybridized carbons (Fsp3) is 0.200. The molecular formula is C25H23ClN4O2S. The van der Waals surface area contributed by atoms with Crippen LogP contribution in [0.2, 0.25) is 5.02 Å². The standard InChI is InChI=1S/C25H23ClN4O2S/c1-15-23(12-18-4-8-20(26)9-5-18)16(2)30(29-15)25-28-22(14-33-25)13-24(32)27-21-10-6-19(7-11-21)17(3)31/h4-11,14H,12-13H2,1-3H3,(H,27,32). The summed E-state index contributed by atoms with van der Waals surface area (Å²) in [6.45, 7) is 5.54. The number of aryl methyl sites for hydroxylation is 1. The zero-order valence-electron chi connectivity index (χ0n) is 18.6. The average Bonchev–Trinajstić information content (AvgIpc) is 3.35. The van der Waals surface area contributed by atoms with Crippen molar-refractivity contribution < 1.29 is 9.59 Å². The van der Waals surface area contributed by atoms with Gasteiger partial charge in [0.25, 0.3) is 0 Å². The topological polar surface area (TPSA) is 76.9 Å². The number of nitrogens with zero attached hydrogens (tertiary/aromatic N) is 3. The van der Waals surface area contributed by atoms with Gasteiger partial charge in [0, 0.05) is 39.3 Å². The summed E-state index contributed by atoms with van der Waals surface area (Å²) in [4.78, 5) is 28.5. The summed E-state index contributed by atoms with van der Waals surface area (Å²) in [7, 11) is 0. The molecule has 0 saturated heterocycles. The number of carbonyl (C=O) groups excluding carboxylic acids is 2. The lowest BCUT2D eigenvalue weighted by Gasteiger charge is -2.05. The van der Waals surface area contributed by atoms with Gasteiger partial charge in [-0.2, -0.15) is 5.10 Å². The van der Waals surface area contributed by atoms with Crippen molar-refractivity contribution in [2.75, 3.05) is 5.32 Å². The van der Waals surface area contributed by atoms with E-state index < -0.39 is 0 Å². The number of anilines is 1. The monoisotopic (exact) mass is 478 g/mol. The van der Waals surface area contributed by atoms with Crippen LogP contribution in [0.25, 0.3) is 5.13 Å². The Hall–Kier alpha value is -3.29. The second-order valence-corrected chi connectivity index (χ2v) is 9.12. The number of benzene rings is 2. The summed E-state index contributed by atoms with van der Waals surface area (Å²) in [5, 5.41) is 10.9. The van der Waals surface area contributed by atoms with Gasteiger partial charge in [-0.25, -0.2) is 9.67 Å². The van der Waals surface area contributed by atoms with Crippen molar-refractivity contribution in [1.82, 2.24) is 14.8 Å². The molecule has 4 aromatic rings. The third-order valence-corrected chi connectivity index (χ3v) is 6.49. The minimum atomic E-state index is -0.167. The number of halogens is 1. The number of nitrogens with one attached hydrogen (secondary N) is 1. The number of hydrogen-bond donors (Lipinski definition) is 1. The molecule has 2 aromatic heterocycles. The maximum Gasteiger partial charge on any atom is 0.230 e. The van der Waals surface area contributed by atoms with E-state index in [-0.39, 0.29) is 18.1 Å². The van der Waals surface area contributed by atoms with E-state index in [1.54, 1.807) is 24.3 Å². The molecule has 0 spiro atoms. The number of ketones is 1. The van der Waals surface area contributed by atoms with Crippen LogP contribution in [0.15, 0.2) is 53.9 Å². The highest BCUT2D eigenvalue weighted by Gasteiger charge is 2.16. The summed E-state index contributed by atoms with van der Waals surface area (Å²) in [6, 6.07) is 14.7. The number of amides is 1. The second kappa shape index (κ2) is 9.68. The van der Waals surface area contributed by atoms with Gasteiger partial charge in [-0.05, 0) is 62.7 Å². The Morgan fingerprint density at radius 1 is 1.06 bits per heavy atom. The quantitative estimate of drug-likeness (QED) is 0.352. The van der Waals surface area contributed by atoms with Crippen molar-refractivity contribution in [2.24, 2.45) is 0 Å². The van der Waals surface area contributed by atoms with Crippen molar-refractivity contribution >= 4 is 40.3 Å². The van der Waals surface area contributed by atoms with Gasteiger partial charge in [-0.1, -0.05) is 23.7 Å². The molecule has 0 aliphatic rings. The van der Waals surface area contributed by atoms with E-state index in [9.17, 15) is 9.59 Å². The molecule has 0 fully saturated rings. The second-order valence-electron chi connectivity index (χ2n) is 7.84. The summed E-state index contributed by atoms with van der Waals surface area (Å²) >= 11 is 7.45. The van der Waals surface area contributed by atoms with Crippen LogP contribution in [0.3, 0.4) is 0 Å². The van der Waals surface area contributed by atoms with Crippen LogP contribution in [-0.2, 0) is 17.6 Å². The van der Waals surface area contributed by atoms with Gasteiger partial charge in [0.2, 0.25) is 11.0 Å². The fourth-order valence-electron chi connectivity index (χ4n) is 3.56. The highest BCUT2D eigenvalue weighted by Crippen LogP contribution is 2.24. The third kappa shape index (κ3) is 5.38. The predicted molar refractivity (Wildman–Crippen MR) is 132 cm³/mol. The zero-order valence-corrected chi connectivity index (χ0v) is 20.1. The van der Waals surface area contributed by atoms with Crippen LogP contribution in [-0.4, -0.2) is 26.5 Å². The van der Waals surface area contributed by atoms with E-state index in [4.69, 9.17) is 11.6 Å². The zero-order chi connectivity index (χ0) is 23.5. The SMILES string of the molecule is CC(=O)c1ccc(NC(=O)Cc2csc(-n3nc(C)c(Cc4ccc(Cl)cc4)c3C)n2)cc1. The molecule has 0 radical (unpaired) electrons. The Kier molecular flexibility index (Phi) is 6.72. The highest BCUT2D eigenvalue weighted by molar-refractivity contribution is 7.12. The molecule has 0 aliphatic heterocycles. The molecule has 33 heavy (non-hydrogen) atoms. The molecule has 2 aromatic carbocycles. The van der Waals surface area contributed by atoms with E-state index in [1.807, 2.05) is 48.2 Å². The first kappa shape index (κ1) is 22.9. The molecular weight excluding hydrogens is 456 g/mol. The molecule has 0 saturated carbocycles. The average molecular weight is 479 g/mol. The molecule has 2 heterocycles. The van der Waals surface area contributed by atoms with Crippen LogP contribution in [0.5, 0.6) is 0 Å². The van der Waals surface area contributed by atoms with Crippen molar-refractivity contribution in [3.63, 3.8) is 0 Å². The lowest BCUT2D eigenvalue weighted by Crippen LogP contribution is -2.14. The number of rotatable bonds is 7. The molecule has 0 atom stereocenters. The van der Waals surface area contributed by atoms with Crippen LogP contribution < -0.4 is 5.32 Å². The van der Waals surface area contributed by atoms with Gasteiger partial charge in [0.15, 0.2) is 5.78 Å². The van der Waals surface area contributed by atoms with Crippen molar-refractivity contribution in [1.29, 1.82) is 0 Å². The number of aromatic nitrogens is 3. The molecule has 1 N–H and O–H groups in total. The van der Waals surface area contributed by atoms with E-state index >= 15 is 0 Å². The maximum absolute atomic E-state index is 12.5.